The van der Waals surface area contributed by atoms with E-state index in [1.54, 1.807) is 17.6 Å². The predicted octanol–water partition coefficient (Wildman–Crippen LogP) is 1.57. The van der Waals surface area contributed by atoms with E-state index in [0.717, 1.165) is 5.69 Å². The Labute approximate surface area is 126 Å². The van der Waals surface area contributed by atoms with Crippen molar-refractivity contribution in [3.8, 4) is 0 Å². The average molecular weight is 308 g/mol. The largest absolute Gasteiger partial charge is 0.469 e. The molecule has 0 saturated heterocycles. The minimum Gasteiger partial charge on any atom is -0.469 e. The molecule has 1 amide bonds. The Morgan fingerprint density at radius 3 is 3.00 bits per heavy atom. The molecule has 2 aromatic rings. The van der Waals surface area contributed by atoms with E-state index in [0.29, 0.717) is 12.2 Å². The van der Waals surface area contributed by atoms with E-state index in [-0.39, 0.29) is 18.7 Å². The Balaban J connectivity index is 1.88. The van der Waals surface area contributed by atoms with Crippen molar-refractivity contribution in [3.05, 3.63) is 40.7 Å². The third-order valence-electron chi connectivity index (χ3n) is 2.90. The molecule has 0 aliphatic heterocycles. The molecular weight excluding hydrogens is 292 g/mol. The van der Waals surface area contributed by atoms with Gasteiger partial charge in [0.2, 0.25) is 5.91 Å². The maximum Gasteiger partial charge on any atom is 0.328 e. The third-order valence-corrected chi connectivity index (χ3v) is 3.53. The smallest absolute Gasteiger partial charge is 0.328 e. The van der Waals surface area contributed by atoms with Crippen molar-refractivity contribution in [1.82, 2.24) is 10.3 Å². The molecule has 0 bridgehead atoms. The summed E-state index contributed by atoms with van der Waals surface area (Å²) in [6, 6.07) is 2.73. The molecule has 7 heteroatoms. The highest BCUT2D eigenvalue weighted by molar-refractivity contribution is 7.07. The average Bonchev–Trinajstić information content (AvgIpc) is 3.16. The molecule has 1 unspecified atom stereocenters. The first-order valence-corrected chi connectivity index (χ1v) is 7.40. The molecule has 0 radical (unpaired) electrons. The van der Waals surface area contributed by atoms with Gasteiger partial charge in [0.15, 0.2) is 0 Å². The fourth-order valence-corrected chi connectivity index (χ4v) is 2.43. The highest BCUT2D eigenvalue weighted by Gasteiger charge is 2.23. The molecule has 1 atom stereocenters. The first-order chi connectivity index (χ1) is 10.2. The van der Waals surface area contributed by atoms with Crippen LogP contribution in [0.4, 0.5) is 0 Å². The molecule has 112 valence electrons. The fourth-order valence-electron chi connectivity index (χ4n) is 1.83. The highest BCUT2D eigenvalue weighted by atomic mass is 32.1. The van der Waals surface area contributed by atoms with E-state index in [4.69, 9.17) is 9.15 Å². The van der Waals surface area contributed by atoms with Crippen LogP contribution in [0.2, 0.25) is 0 Å². The first-order valence-electron chi connectivity index (χ1n) is 6.45. The second-order valence-electron chi connectivity index (χ2n) is 4.41. The molecule has 21 heavy (non-hydrogen) atoms. The molecule has 0 aliphatic rings. The molecule has 6 nitrogen and oxygen atoms in total. The minimum atomic E-state index is -0.746. The summed E-state index contributed by atoms with van der Waals surface area (Å²) >= 11 is 1.49. The van der Waals surface area contributed by atoms with Crippen LogP contribution in [0.15, 0.2) is 33.7 Å². The van der Waals surface area contributed by atoms with E-state index in [1.807, 2.05) is 5.38 Å². The van der Waals surface area contributed by atoms with Gasteiger partial charge in [0, 0.05) is 18.2 Å². The van der Waals surface area contributed by atoms with Crippen LogP contribution in [0.3, 0.4) is 0 Å². The lowest BCUT2D eigenvalue weighted by Crippen LogP contribution is -2.43. The van der Waals surface area contributed by atoms with Gasteiger partial charge in [-0.3, -0.25) is 4.79 Å². The van der Waals surface area contributed by atoms with E-state index >= 15 is 0 Å². The first kappa shape index (κ1) is 15.2. The molecule has 2 rings (SSSR count). The van der Waals surface area contributed by atoms with Crippen LogP contribution in [-0.2, 0) is 27.2 Å². The number of ether oxygens (including phenoxy) is 1. The number of nitrogens with zero attached hydrogens (tertiary/aromatic N) is 1. The minimum absolute atomic E-state index is 0.218. The predicted molar refractivity (Wildman–Crippen MR) is 76.8 cm³/mol. The number of carbonyl (C=O) groups excluding carboxylic acids is 2. The third kappa shape index (κ3) is 4.71. The number of furan rings is 1. The standard InChI is InChI=1S/C14H16N2O4S/c1-19-14(18)12(7-11-3-2-6-20-11)16-13(17)5-4-10-8-21-9-15-10/h2-3,6,8-9,12H,4-5,7H2,1H3,(H,16,17). The van der Waals surface area contributed by atoms with Gasteiger partial charge in [0.1, 0.15) is 11.8 Å². The summed E-state index contributed by atoms with van der Waals surface area (Å²) in [6.07, 6.45) is 2.61. The summed E-state index contributed by atoms with van der Waals surface area (Å²) in [5.74, 6) is -0.0939. The van der Waals surface area contributed by atoms with Gasteiger partial charge >= 0.3 is 5.97 Å². The number of rotatable bonds is 7. The van der Waals surface area contributed by atoms with Crippen molar-refractivity contribution in [1.29, 1.82) is 0 Å². The zero-order valence-electron chi connectivity index (χ0n) is 11.6. The van der Waals surface area contributed by atoms with E-state index in [1.165, 1.54) is 24.7 Å². The number of aryl methyl sites for hydroxylation is 1. The summed E-state index contributed by atoms with van der Waals surface area (Å²) in [4.78, 5) is 27.8. The van der Waals surface area contributed by atoms with Gasteiger partial charge in [0.05, 0.1) is 24.6 Å². The zero-order chi connectivity index (χ0) is 15.1. The lowest BCUT2D eigenvalue weighted by Gasteiger charge is -2.15. The van der Waals surface area contributed by atoms with Gasteiger partial charge in [-0.15, -0.1) is 11.3 Å². The number of hydrogen-bond donors (Lipinski definition) is 1. The van der Waals surface area contributed by atoms with Crippen molar-refractivity contribution in [3.63, 3.8) is 0 Å². The van der Waals surface area contributed by atoms with Crippen LogP contribution in [0, 0.1) is 0 Å². The lowest BCUT2D eigenvalue weighted by molar-refractivity contribution is -0.145. The van der Waals surface area contributed by atoms with Gasteiger partial charge in [-0.1, -0.05) is 0 Å². The Hall–Kier alpha value is -2.15. The molecule has 0 saturated carbocycles. The summed E-state index contributed by atoms with van der Waals surface area (Å²) in [6.45, 7) is 0. The van der Waals surface area contributed by atoms with Crippen LogP contribution < -0.4 is 5.32 Å². The summed E-state index contributed by atoms with van der Waals surface area (Å²) in [7, 11) is 1.29. The summed E-state index contributed by atoms with van der Waals surface area (Å²) in [5.41, 5.74) is 2.59. The number of esters is 1. The van der Waals surface area contributed by atoms with Crippen molar-refractivity contribution < 1.29 is 18.7 Å². The van der Waals surface area contributed by atoms with E-state index < -0.39 is 12.0 Å². The number of amides is 1. The molecule has 0 spiro atoms. The second kappa shape index (κ2) is 7.58. The van der Waals surface area contributed by atoms with Gasteiger partial charge in [-0.2, -0.15) is 0 Å². The highest BCUT2D eigenvalue weighted by Crippen LogP contribution is 2.07. The van der Waals surface area contributed by atoms with Crippen molar-refractivity contribution in [2.75, 3.05) is 7.11 Å². The zero-order valence-corrected chi connectivity index (χ0v) is 12.4. The molecule has 0 aliphatic carbocycles. The second-order valence-corrected chi connectivity index (χ2v) is 5.13. The van der Waals surface area contributed by atoms with Gasteiger partial charge < -0.3 is 14.5 Å². The van der Waals surface area contributed by atoms with Crippen LogP contribution >= 0.6 is 11.3 Å². The Kier molecular flexibility index (Phi) is 5.51. The number of thiazole rings is 1. The number of hydrogen-bond acceptors (Lipinski definition) is 6. The molecule has 2 aromatic heterocycles. The van der Waals surface area contributed by atoms with Gasteiger partial charge in [0.25, 0.3) is 0 Å². The summed E-state index contributed by atoms with van der Waals surface area (Å²) < 4.78 is 9.90. The number of methoxy groups -OCH3 is 1. The van der Waals surface area contributed by atoms with Gasteiger partial charge in [-0.25, -0.2) is 9.78 Å². The number of aromatic nitrogens is 1. The number of carbonyl (C=O) groups is 2. The SMILES string of the molecule is COC(=O)C(Cc1ccco1)NC(=O)CCc1cscn1. The van der Waals surface area contributed by atoms with Gasteiger partial charge in [-0.05, 0) is 18.6 Å². The van der Waals surface area contributed by atoms with E-state index in [2.05, 4.69) is 10.3 Å². The van der Waals surface area contributed by atoms with Crippen LogP contribution in [-0.4, -0.2) is 30.0 Å². The molecular formula is C14H16N2O4S. The molecule has 0 aromatic carbocycles. The monoisotopic (exact) mass is 308 g/mol. The topological polar surface area (TPSA) is 81.4 Å². The Morgan fingerprint density at radius 1 is 1.52 bits per heavy atom. The number of nitrogens with one attached hydrogen (secondary N) is 1. The summed E-state index contributed by atoms with van der Waals surface area (Å²) in [5, 5.41) is 4.57. The molecule has 0 fully saturated rings. The Morgan fingerprint density at radius 2 is 2.38 bits per heavy atom. The maximum absolute atomic E-state index is 11.9. The van der Waals surface area contributed by atoms with Crippen LogP contribution in [0.25, 0.3) is 0 Å². The maximum atomic E-state index is 11.9. The van der Waals surface area contributed by atoms with Crippen LogP contribution in [0.5, 0.6) is 0 Å². The molecule has 1 N–H and O–H groups in total. The fraction of sp³-hybridized carbons (Fsp3) is 0.357. The van der Waals surface area contributed by atoms with Crippen molar-refractivity contribution in [2.45, 2.75) is 25.3 Å². The lowest BCUT2D eigenvalue weighted by atomic mass is 10.1. The Bertz CT molecular complexity index is 566. The normalized spacial score (nSPS) is 11.9. The van der Waals surface area contributed by atoms with Crippen LogP contribution in [0.1, 0.15) is 17.9 Å². The molecule has 2 heterocycles. The quantitative estimate of drug-likeness (QED) is 0.785. The van der Waals surface area contributed by atoms with E-state index in [9.17, 15) is 9.59 Å². The van der Waals surface area contributed by atoms with Crippen molar-refractivity contribution >= 4 is 23.2 Å². The van der Waals surface area contributed by atoms with Crippen molar-refractivity contribution in [2.24, 2.45) is 0 Å².